The first-order chi connectivity index (χ1) is 21.3. The Morgan fingerprint density at radius 2 is 1.12 bits per heavy atom. The number of benzene rings is 7. The summed E-state index contributed by atoms with van der Waals surface area (Å²) >= 11 is 1.87. The Morgan fingerprint density at radius 1 is 0.395 bits per heavy atom. The summed E-state index contributed by atoms with van der Waals surface area (Å²) in [6.07, 6.45) is 0. The molecular weight excluding hydrogens is 541 g/mol. The van der Waals surface area contributed by atoms with Crippen molar-refractivity contribution in [2.24, 2.45) is 0 Å². The van der Waals surface area contributed by atoms with Gasteiger partial charge in [0, 0.05) is 47.4 Å². The lowest BCUT2D eigenvalue weighted by atomic mass is 10.0. The van der Waals surface area contributed by atoms with E-state index < -0.39 is 0 Å². The first-order valence-electron chi connectivity index (χ1n) is 14.7. The van der Waals surface area contributed by atoms with Gasteiger partial charge in [0.25, 0.3) is 0 Å². The fourth-order valence-corrected chi connectivity index (χ4v) is 8.42. The Labute approximate surface area is 251 Å². The van der Waals surface area contributed by atoms with Crippen molar-refractivity contribution in [3.63, 3.8) is 0 Å². The normalized spacial score (nSPS) is 12.2. The predicted molar refractivity (Wildman–Crippen MR) is 186 cm³/mol. The van der Waals surface area contributed by atoms with Crippen LogP contribution in [0.3, 0.4) is 0 Å². The van der Waals surface area contributed by atoms with Crippen LogP contribution in [0.1, 0.15) is 0 Å². The van der Waals surface area contributed by atoms with E-state index in [2.05, 4.69) is 155 Å². The molecule has 0 unspecified atom stereocenters. The van der Waals surface area contributed by atoms with Crippen LogP contribution < -0.4 is 0 Å². The number of hydrogen-bond acceptors (Lipinski definition) is 1. The summed E-state index contributed by atoms with van der Waals surface area (Å²) in [6.45, 7) is 0. The van der Waals surface area contributed by atoms with Crippen LogP contribution in [0, 0.1) is 0 Å². The Kier molecular flexibility index (Phi) is 4.63. The maximum Gasteiger partial charge on any atom is 0.0641 e. The molecule has 0 spiro atoms. The second-order valence-corrected chi connectivity index (χ2v) is 12.4. The number of para-hydroxylation sites is 2. The monoisotopic (exact) mass is 564 g/mol. The Balaban J connectivity index is 1.44. The van der Waals surface area contributed by atoms with Gasteiger partial charge in [-0.05, 0) is 65.4 Å². The molecule has 0 bridgehead atoms. The maximum atomic E-state index is 2.50. The van der Waals surface area contributed by atoms with Crippen molar-refractivity contribution in [1.29, 1.82) is 0 Å². The fourth-order valence-electron chi connectivity index (χ4n) is 7.29. The number of fused-ring (bicyclic) bond motifs is 11. The molecule has 0 aliphatic rings. The van der Waals surface area contributed by atoms with Gasteiger partial charge in [0.05, 0.1) is 27.8 Å². The Morgan fingerprint density at radius 3 is 2.00 bits per heavy atom. The van der Waals surface area contributed by atoms with Crippen LogP contribution in [0.4, 0.5) is 0 Å². The largest absolute Gasteiger partial charge is 0.309 e. The zero-order chi connectivity index (χ0) is 28.1. The van der Waals surface area contributed by atoms with Crippen molar-refractivity contribution in [1.82, 2.24) is 9.13 Å². The molecule has 0 atom stereocenters. The first kappa shape index (κ1) is 23.2. The molecule has 200 valence electrons. The minimum absolute atomic E-state index is 1.17. The number of rotatable bonds is 2. The maximum absolute atomic E-state index is 2.50. The SMILES string of the molecule is c1ccc(-n2c3cc4ccccc4cc3c3ccc4c(c5ccccc5n4-c4cccc5sc6ccccc6c45)c32)cc1. The lowest BCUT2D eigenvalue weighted by Crippen LogP contribution is -1.95. The van der Waals surface area contributed by atoms with Crippen molar-refractivity contribution in [2.45, 2.75) is 0 Å². The molecule has 0 N–H and O–H groups in total. The van der Waals surface area contributed by atoms with E-state index in [9.17, 15) is 0 Å². The average molecular weight is 565 g/mol. The van der Waals surface area contributed by atoms with E-state index in [1.807, 2.05) is 11.3 Å². The van der Waals surface area contributed by atoms with Gasteiger partial charge < -0.3 is 9.13 Å². The van der Waals surface area contributed by atoms with E-state index in [1.54, 1.807) is 0 Å². The highest BCUT2D eigenvalue weighted by Crippen LogP contribution is 2.45. The Hall–Kier alpha value is -5.38. The van der Waals surface area contributed by atoms with Gasteiger partial charge in [0.1, 0.15) is 0 Å². The van der Waals surface area contributed by atoms with Gasteiger partial charge in [-0.25, -0.2) is 0 Å². The quantitative estimate of drug-likeness (QED) is 0.198. The van der Waals surface area contributed by atoms with Crippen LogP contribution in [0.15, 0.2) is 146 Å². The van der Waals surface area contributed by atoms with Gasteiger partial charge in [-0.2, -0.15) is 0 Å². The molecule has 0 saturated carbocycles. The van der Waals surface area contributed by atoms with Crippen LogP contribution in [0.2, 0.25) is 0 Å². The fraction of sp³-hybridized carbons (Fsp3) is 0. The van der Waals surface area contributed by atoms with Crippen molar-refractivity contribution < 1.29 is 0 Å². The van der Waals surface area contributed by atoms with E-state index in [1.165, 1.54) is 85.9 Å². The molecule has 0 amide bonds. The molecule has 0 saturated heterocycles. The van der Waals surface area contributed by atoms with Gasteiger partial charge in [-0.15, -0.1) is 11.3 Å². The number of aromatic nitrogens is 2. The van der Waals surface area contributed by atoms with E-state index in [0.717, 1.165) is 0 Å². The molecule has 3 aromatic heterocycles. The molecule has 10 rings (SSSR count). The standard InChI is InChI=1S/C40H24N2S/c1-2-13-27(14-3-1)41-35-24-26-12-5-4-11-25(26)23-31(35)28-21-22-34-39(40(28)41)29-15-6-8-17-32(29)42(34)33-18-10-20-37-38(33)30-16-7-9-19-36(30)43-37/h1-24H. The minimum atomic E-state index is 1.17. The molecule has 10 aromatic rings. The van der Waals surface area contributed by atoms with E-state index in [4.69, 9.17) is 0 Å². The zero-order valence-corrected chi connectivity index (χ0v) is 24.0. The van der Waals surface area contributed by atoms with Crippen LogP contribution in [0.25, 0.3) is 85.9 Å². The predicted octanol–water partition coefficient (Wildman–Crippen LogP) is 11.4. The van der Waals surface area contributed by atoms with Gasteiger partial charge >= 0.3 is 0 Å². The number of nitrogens with zero attached hydrogens (tertiary/aromatic N) is 2. The highest BCUT2D eigenvalue weighted by molar-refractivity contribution is 7.25. The molecular formula is C40H24N2S. The zero-order valence-electron chi connectivity index (χ0n) is 23.2. The molecule has 0 aliphatic heterocycles. The molecule has 0 fully saturated rings. The summed E-state index contributed by atoms with van der Waals surface area (Å²) in [4.78, 5) is 0. The van der Waals surface area contributed by atoms with Gasteiger partial charge in [-0.3, -0.25) is 0 Å². The van der Waals surface area contributed by atoms with Gasteiger partial charge in [0.2, 0.25) is 0 Å². The average Bonchev–Trinajstić information content (AvgIpc) is 3.71. The second-order valence-electron chi connectivity index (χ2n) is 11.3. The van der Waals surface area contributed by atoms with E-state index >= 15 is 0 Å². The number of hydrogen-bond donors (Lipinski definition) is 0. The minimum Gasteiger partial charge on any atom is -0.309 e. The van der Waals surface area contributed by atoms with Crippen molar-refractivity contribution >= 4 is 85.9 Å². The van der Waals surface area contributed by atoms with Crippen LogP contribution in [-0.2, 0) is 0 Å². The van der Waals surface area contributed by atoms with E-state index in [0.29, 0.717) is 0 Å². The topological polar surface area (TPSA) is 9.86 Å². The lowest BCUT2D eigenvalue weighted by molar-refractivity contribution is 1.18. The molecule has 7 aromatic carbocycles. The van der Waals surface area contributed by atoms with Crippen molar-refractivity contribution in [3.8, 4) is 11.4 Å². The van der Waals surface area contributed by atoms with Crippen molar-refractivity contribution in [2.75, 3.05) is 0 Å². The van der Waals surface area contributed by atoms with Crippen LogP contribution >= 0.6 is 11.3 Å². The lowest BCUT2D eigenvalue weighted by Gasteiger charge is -2.11. The molecule has 43 heavy (non-hydrogen) atoms. The summed E-state index contributed by atoms with van der Waals surface area (Å²) in [6, 6.07) is 53.4. The second kappa shape index (κ2) is 8.57. The summed E-state index contributed by atoms with van der Waals surface area (Å²) in [5.74, 6) is 0. The van der Waals surface area contributed by atoms with Gasteiger partial charge in [0.15, 0.2) is 0 Å². The van der Waals surface area contributed by atoms with E-state index in [-0.39, 0.29) is 0 Å². The summed E-state index contributed by atoms with van der Waals surface area (Å²) in [7, 11) is 0. The first-order valence-corrected chi connectivity index (χ1v) is 15.5. The summed E-state index contributed by atoms with van der Waals surface area (Å²) in [5.41, 5.74) is 7.34. The number of thiophene rings is 1. The molecule has 3 heteroatoms. The highest BCUT2D eigenvalue weighted by atomic mass is 32.1. The summed E-state index contributed by atoms with van der Waals surface area (Å²) < 4.78 is 7.62. The van der Waals surface area contributed by atoms with Crippen molar-refractivity contribution in [3.05, 3.63) is 146 Å². The third-order valence-electron chi connectivity index (χ3n) is 9.07. The van der Waals surface area contributed by atoms with Crippen LogP contribution in [0.5, 0.6) is 0 Å². The highest BCUT2D eigenvalue weighted by Gasteiger charge is 2.22. The van der Waals surface area contributed by atoms with Gasteiger partial charge in [-0.1, -0.05) is 91.0 Å². The smallest absolute Gasteiger partial charge is 0.0641 e. The summed E-state index contributed by atoms with van der Waals surface area (Å²) in [5, 5.41) is 10.3. The molecule has 2 nitrogen and oxygen atoms in total. The van der Waals surface area contributed by atoms with Crippen LogP contribution in [-0.4, -0.2) is 9.13 Å². The third-order valence-corrected chi connectivity index (χ3v) is 10.2. The molecule has 0 radical (unpaired) electrons. The molecule has 0 aliphatic carbocycles. The molecule has 3 heterocycles. The third kappa shape index (κ3) is 3.12. The Bertz CT molecular complexity index is 2720.